The van der Waals surface area contributed by atoms with E-state index in [2.05, 4.69) is 54.3 Å². The smallest absolute Gasteiger partial charge is 0.307 e. The SMILES string of the molecule is CC(C)n1c([SH]2C=CC=C2)c(CNCc2ccccc2)n(C)c1=O. The van der Waals surface area contributed by atoms with Crippen molar-refractivity contribution in [1.82, 2.24) is 14.5 Å². The molecule has 0 radical (unpaired) electrons. The van der Waals surface area contributed by atoms with Crippen molar-refractivity contribution in [3.8, 4) is 0 Å². The maximum atomic E-state index is 12.7. The summed E-state index contributed by atoms with van der Waals surface area (Å²) in [5.41, 5.74) is 2.42. The molecule has 24 heavy (non-hydrogen) atoms. The summed E-state index contributed by atoms with van der Waals surface area (Å²) < 4.78 is 3.75. The lowest BCUT2D eigenvalue weighted by Crippen LogP contribution is -2.25. The molecule has 0 saturated heterocycles. The minimum absolute atomic E-state index is 0.0766. The minimum atomic E-state index is -0.539. The summed E-state index contributed by atoms with van der Waals surface area (Å²) in [6.45, 7) is 5.64. The number of thiol groups is 1. The van der Waals surface area contributed by atoms with Crippen molar-refractivity contribution in [1.29, 1.82) is 0 Å². The number of imidazole rings is 1. The molecule has 0 bridgehead atoms. The Hall–Kier alpha value is -1.98. The molecule has 128 valence electrons. The molecule has 1 aromatic heterocycles. The summed E-state index contributed by atoms with van der Waals surface area (Å²) in [5.74, 6) is 0. The maximum absolute atomic E-state index is 12.7. The van der Waals surface area contributed by atoms with E-state index in [1.807, 2.05) is 29.8 Å². The topological polar surface area (TPSA) is 39.0 Å². The van der Waals surface area contributed by atoms with Crippen LogP contribution in [-0.4, -0.2) is 9.13 Å². The molecule has 1 aliphatic heterocycles. The van der Waals surface area contributed by atoms with Gasteiger partial charge in [-0.25, -0.2) is 4.79 Å². The highest BCUT2D eigenvalue weighted by Crippen LogP contribution is 2.44. The van der Waals surface area contributed by atoms with Gasteiger partial charge in [-0.05, 0) is 30.2 Å². The van der Waals surface area contributed by atoms with Crippen molar-refractivity contribution in [3.05, 3.63) is 75.0 Å². The fraction of sp³-hybridized carbons (Fsp3) is 0.316. The third kappa shape index (κ3) is 3.28. The van der Waals surface area contributed by atoms with Crippen LogP contribution in [0.3, 0.4) is 0 Å². The Labute approximate surface area is 145 Å². The zero-order valence-corrected chi connectivity index (χ0v) is 15.3. The van der Waals surface area contributed by atoms with Gasteiger partial charge in [0.1, 0.15) is 0 Å². The molecule has 0 unspecified atom stereocenters. The van der Waals surface area contributed by atoms with Gasteiger partial charge >= 0.3 is 5.69 Å². The number of hydrogen-bond donors (Lipinski definition) is 2. The second-order valence-corrected chi connectivity index (χ2v) is 8.09. The fourth-order valence-electron chi connectivity index (χ4n) is 2.99. The number of hydrogen-bond acceptors (Lipinski definition) is 2. The molecule has 5 heteroatoms. The van der Waals surface area contributed by atoms with Crippen molar-refractivity contribution in [2.24, 2.45) is 7.05 Å². The number of nitrogens with one attached hydrogen (secondary N) is 1. The molecule has 0 aliphatic carbocycles. The van der Waals surface area contributed by atoms with Gasteiger partial charge in [-0.3, -0.25) is 9.13 Å². The van der Waals surface area contributed by atoms with Crippen molar-refractivity contribution in [3.63, 3.8) is 0 Å². The summed E-state index contributed by atoms with van der Waals surface area (Å²) in [5, 5.41) is 9.08. The third-order valence-corrected chi connectivity index (χ3v) is 6.16. The van der Waals surface area contributed by atoms with Crippen molar-refractivity contribution in [2.45, 2.75) is 38.0 Å². The monoisotopic (exact) mass is 343 g/mol. The molecule has 0 atom stereocenters. The lowest BCUT2D eigenvalue weighted by Gasteiger charge is -2.18. The van der Waals surface area contributed by atoms with Crippen LogP contribution in [0.4, 0.5) is 0 Å². The molecule has 1 aromatic carbocycles. The number of aromatic nitrogens is 2. The third-order valence-electron chi connectivity index (χ3n) is 4.21. The first-order valence-electron chi connectivity index (χ1n) is 8.27. The van der Waals surface area contributed by atoms with Crippen LogP contribution in [0.2, 0.25) is 0 Å². The molecule has 0 saturated carbocycles. The molecule has 1 N–H and O–H groups in total. The second kappa shape index (κ2) is 7.28. The molecule has 1 aliphatic rings. The molecule has 3 rings (SSSR count). The Morgan fingerprint density at radius 2 is 1.75 bits per heavy atom. The fourth-order valence-corrected chi connectivity index (χ4v) is 5.03. The Morgan fingerprint density at radius 1 is 1.08 bits per heavy atom. The van der Waals surface area contributed by atoms with Gasteiger partial charge in [-0.1, -0.05) is 42.5 Å². The van der Waals surface area contributed by atoms with E-state index in [0.717, 1.165) is 17.3 Å². The molecular formula is C19H25N3OS. The van der Waals surface area contributed by atoms with Crippen LogP contribution in [0.15, 0.2) is 63.1 Å². The predicted octanol–water partition coefficient (Wildman–Crippen LogP) is 3.46. The van der Waals surface area contributed by atoms with Gasteiger partial charge in [0, 0.05) is 26.2 Å². The largest absolute Gasteiger partial charge is 0.329 e. The zero-order valence-electron chi connectivity index (χ0n) is 14.4. The maximum Gasteiger partial charge on any atom is 0.329 e. The van der Waals surface area contributed by atoms with Gasteiger partial charge in [-0.2, -0.15) is 10.9 Å². The summed E-state index contributed by atoms with van der Waals surface area (Å²) in [7, 11) is 1.34. The second-order valence-electron chi connectivity index (χ2n) is 6.26. The number of benzene rings is 1. The van der Waals surface area contributed by atoms with Gasteiger partial charge in [0.05, 0.1) is 10.7 Å². The highest BCUT2D eigenvalue weighted by Gasteiger charge is 2.22. The Kier molecular flexibility index (Phi) is 5.11. The average Bonchev–Trinajstić information content (AvgIpc) is 3.18. The van der Waals surface area contributed by atoms with Crippen LogP contribution in [-0.2, 0) is 20.1 Å². The first-order chi connectivity index (χ1) is 11.6. The van der Waals surface area contributed by atoms with E-state index in [1.54, 1.807) is 4.57 Å². The normalized spacial score (nSPS) is 14.9. The first kappa shape index (κ1) is 16.9. The predicted molar refractivity (Wildman–Crippen MR) is 103 cm³/mol. The van der Waals surface area contributed by atoms with E-state index >= 15 is 0 Å². The Morgan fingerprint density at radius 3 is 2.38 bits per heavy atom. The number of rotatable bonds is 6. The minimum Gasteiger partial charge on any atom is -0.307 e. The molecule has 0 spiro atoms. The Balaban J connectivity index is 1.89. The van der Waals surface area contributed by atoms with E-state index in [0.29, 0.717) is 6.54 Å². The first-order valence-corrected chi connectivity index (χ1v) is 9.75. The van der Waals surface area contributed by atoms with Gasteiger partial charge in [0.25, 0.3) is 0 Å². The molecule has 0 fully saturated rings. The van der Waals surface area contributed by atoms with Crippen molar-refractivity contribution in [2.75, 3.05) is 0 Å². The van der Waals surface area contributed by atoms with Crippen LogP contribution >= 0.6 is 10.9 Å². The van der Waals surface area contributed by atoms with Gasteiger partial charge in [0.2, 0.25) is 0 Å². The van der Waals surface area contributed by atoms with Crippen LogP contribution < -0.4 is 11.0 Å². The highest BCUT2D eigenvalue weighted by atomic mass is 32.2. The zero-order chi connectivity index (χ0) is 17.1. The van der Waals surface area contributed by atoms with E-state index < -0.39 is 10.9 Å². The number of allylic oxidation sites excluding steroid dienone is 2. The van der Waals surface area contributed by atoms with E-state index in [4.69, 9.17) is 0 Å². The van der Waals surface area contributed by atoms with Gasteiger partial charge in [0.15, 0.2) is 0 Å². The molecule has 4 nitrogen and oxygen atoms in total. The molecule has 2 aromatic rings. The van der Waals surface area contributed by atoms with E-state index in [9.17, 15) is 4.79 Å². The summed E-state index contributed by atoms with van der Waals surface area (Å²) >= 11 is 0. The summed E-state index contributed by atoms with van der Waals surface area (Å²) in [4.78, 5) is 12.7. The van der Waals surface area contributed by atoms with E-state index in [1.165, 1.54) is 5.56 Å². The van der Waals surface area contributed by atoms with Crippen LogP contribution in [0.5, 0.6) is 0 Å². The molecular weight excluding hydrogens is 318 g/mol. The lowest BCUT2D eigenvalue weighted by atomic mass is 10.2. The van der Waals surface area contributed by atoms with Crippen molar-refractivity contribution < 1.29 is 0 Å². The molecule has 2 heterocycles. The van der Waals surface area contributed by atoms with Crippen LogP contribution in [0.1, 0.15) is 31.1 Å². The number of nitrogens with zero attached hydrogens (tertiary/aromatic N) is 2. The van der Waals surface area contributed by atoms with Crippen molar-refractivity contribution >= 4 is 10.9 Å². The van der Waals surface area contributed by atoms with E-state index in [-0.39, 0.29) is 11.7 Å². The van der Waals surface area contributed by atoms with Gasteiger partial charge in [-0.15, -0.1) is 0 Å². The van der Waals surface area contributed by atoms with Gasteiger partial charge < -0.3 is 5.32 Å². The quantitative estimate of drug-likeness (QED) is 0.789. The standard InChI is InChI=1S/C19H25N3OS/c1-15(2)22-18(24-11-7-8-12-24)17(21(3)19(22)23)14-20-13-16-9-5-4-6-10-16/h4-12,15,20,24H,13-14H2,1-3H3. The summed E-state index contributed by atoms with van der Waals surface area (Å²) in [6.07, 6.45) is 4.16. The summed E-state index contributed by atoms with van der Waals surface area (Å²) in [6, 6.07) is 10.5. The highest BCUT2D eigenvalue weighted by molar-refractivity contribution is 8.22. The van der Waals surface area contributed by atoms with Crippen LogP contribution in [0.25, 0.3) is 0 Å². The average molecular weight is 343 g/mol. The Bertz CT molecular complexity index is 803. The van der Waals surface area contributed by atoms with Crippen LogP contribution in [0, 0.1) is 0 Å². The molecule has 0 amide bonds. The lowest BCUT2D eigenvalue weighted by molar-refractivity contribution is 0.532.